The van der Waals surface area contributed by atoms with Crippen LogP contribution in [-0.2, 0) is 4.74 Å². The summed E-state index contributed by atoms with van der Waals surface area (Å²) in [4.78, 5) is 19.4. The van der Waals surface area contributed by atoms with Crippen LogP contribution in [0.15, 0.2) is 60.8 Å². The Morgan fingerprint density at radius 3 is 2.59 bits per heavy atom. The minimum Gasteiger partial charge on any atom is -0.372 e. The van der Waals surface area contributed by atoms with Gasteiger partial charge in [0.1, 0.15) is 5.69 Å². The first-order valence-electron chi connectivity index (χ1n) is 10.5. The van der Waals surface area contributed by atoms with Crippen LogP contribution >= 0.6 is 0 Å². The number of amides is 1. The van der Waals surface area contributed by atoms with E-state index in [1.54, 1.807) is 22.8 Å². The molecule has 5 rings (SSSR count). The lowest BCUT2D eigenvalue weighted by molar-refractivity contribution is -0.0586. The molecule has 2 atom stereocenters. The van der Waals surface area contributed by atoms with Crippen molar-refractivity contribution in [3.05, 3.63) is 66.4 Å². The highest BCUT2D eigenvalue weighted by Gasteiger charge is 2.27. The number of aromatic nitrogens is 5. The summed E-state index contributed by atoms with van der Waals surface area (Å²) in [6.07, 6.45) is 1.62. The highest BCUT2D eigenvalue weighted by molar-refractivity contribution is 5.95. The molecule has 1 aromatic carbocycles. The molecule has 0 spiro atoms. The van der Waals surface area contributed by atoms with E-state index in [9.17, 15) is 4.79 Å². The number of para-hydroxylation sites is 1. The zero-order valence-electron chi connectivity index (χ0n) is 17.8. The van der Waals surface area contributed by atoms with Gasteiger partial charge in [0.15, 0.2) is 11.5 Å². The van der Waals surface area contributed by atoms with Crippen molar-refractivity contribution in [3.8, 4) is 11.5 Å². The molecular formula is C23H23N7O2. The van der Waals surface area contributed by atoms with Gasteiger partial charge in [-0.15, -0.1) is 15.3 Å². The van der Waals surface area contributed by atoms with E-state index in [-0.39, 0.29) is 18.1 Å². The summed E-state index contributed by atoms with van der Waals surface area (Å²) in [6, 6.07) is 16.9. The normalized spacial score (nSPS) is 18.6. The van der Waals surface area contributed by atoms with Crippen molar-refractivity contribution in [2.75, 3.05) is 18.4 Å². The number of anilines is 2. The first-order chi connectivity index (χ1) is 15.6. The van der Waals surface area contributed by atoms with E-state index in [2.05, 4.69) is 25.6 Å². The number of rotatable bonds is 4. The van der Waals surface area contributed by atoms with E-state index in [4.69, 9.17) is 4.74 Å². The van der Waals surface area contributed by atoms with Gasteiger partial charge in [-0.3, -0.25) is 9.78 Å². The lowest BCUT2D eigenvalue weighted by Crippen LogP contribution is -2.48. The maximum absolute atomic E-state index is 13.1. The van der Waals surface area contributed by atoms with Gasteiger partial charge in [0.05, 0.1) is 12.2 Å². The van der Waals surface area contributed by atoms with E-state index in [1.807, 2.05) is 61.2 Å². The highest BCUT2D eigenvalue weighted by Crippen LogP contribution is 2.21. The second-order valence-corrected chi connectivity index (χ2v) is 7.90. The van der Waals surface area contributed by atoms with Crippen molar-refractivity contribution >= 4 is 23.1 Å². The molecule has 9 nitrogen and oxygen atoms in total. The maximum Gasteiger partial charge on any atom is 0.254 e. The summed E-state index contributed by atoms with van der Waals surface area (Å²) in [6.45, 7) is 5.07. The van der Waals surface area contributed by atoms with Crippen molar-refractivity contribution < 1.29 is 9.53 Å². The van der Waals surface area contributed by atoms with Crippen LogP contribution < -0.4 is 5.32 Å². The summed E-state index contributed by atoms with van der Waals surface area (Å²) >= 11 is 0. The second kappa shape index (κ2) is 8.35. The second-order valence-electron chi connectivity index (χ2n) is 7.90. The van der Waals surface area contributed by atoms with Crippen LogP contribution in [0.3, 0.4) is 0 Å². The Hall–Kier alpha value is -3.85. The van der Waals surface area contributed by atoms with Crippen LogP contribution in [0.2, 0.25) is 0 Å². The number of hydrogen-bond acceptors (Lipinski definition) is 7. The molecule has 0 bridgehead atoms. The number of carbonyl (C=O) groups excluding carboxylic acids is 1. The smallest absolute Gasteiger partial charge is 0.254 e. The summed E-state index contributed by atoms with van der Waals surface area (Å²) < 4.78 is 7.37. The van der Waals surface area contributed by atoms with Crippen molar-refractivity contribution in [2.45, 2.75) is 26.1 Å². The molecule has 4 aromatic rings. The first kappa shape index (κ1) is 20.1. The Morgan fingerprint density at radius 2 is 1.81 bits per heavy atom. The number of nitrogens with one attached hydrogen (secondary N) is 1. The fourth-order valence-electron chi connectivity index (χ4n) is 3.90. The molecule has 162 valence electrons. The Morgan fingerprint density at radius 1 is 1.03 bits per heavy atom. The Bertz CT molecular complexity index is 1250. The van der Waals surface area contributed by atoms with Crippen LogP contribution in [0.5, 0.6) is 0 Å². The SMILES string of the molecule is C[C@@H]1CN(C(=O)c2ccnc(-c3nnc4ccc(Nc5ccccc5)nn34)c2)C[C@H](C)O1. The Labute approximate surface area is 185 Å². The van der Waals surface area contributed by atoms with E-state index in [0.29, 0.717) is 41.6 Å². The molecule has 0 unspecified atom stereocenters. The fourth-order valence-corrected chi connectivity index (χ4v) is 3.90. The van der Waals surface area contributed by atoms with E-state index >= 15 is 0 Å². The van der Waals surface area contributed by atoms with Gasteiger partial charge in [0.25, 0.3) is 5.91 Å². The zero-order chi connectivity index (χ0) is 22.1. The monoisotopic (exact) mass is 429 g/mol. The lowest BCUT2D eigenvalue weighted by atomic mass is 10.1. The molecule has 1 saturated heterocycles. The molecule has 1 aliphatic heterocycles. The van der Waals surface area contributed by atoms with Crippen LogP contribution in [0, 0.1) is 0 Å². The van der Waals surface area contributed by atoms with Crippen molar-refractivity contribution in [1.82, 2.24) is 29.7 Å². The van der Waals surface area contributed by atoms with Crippen molar-refractivity contribution in [3.63, 3.8) is 0 Å². The average Bonchev–Trinajstić information content (AvgIpc) is 3.22. The zero-order valence-corrected chi connectivity index (χ0v) is 17.8. The molecule has 1 amide bonds. The first-order valence-corrected chi connectivity index (χ1v) is 10.5. The van der Waals surface area contributed by atoms with Gasteiger partial charge < -0.3 is 15.0 Å². The lowest BCUT2D eigenvalue weighted by Gasteiger charge is -2.35. The molecule has 9 heteroatoms. The number of carbonyl (C=O) groups is 1. The largest absolute Gasteiger partial charge is 0.372 e. The summed E-state index contributed by atoms with van der Waals surface area (Å²) in [7, 11) is 0. The molecule has 1 N–H and O–H groups in total. The predicted molar refractivity (Wildman–Crippen MR) is 120 cm³/mol. The van der Waals surface area contributed by atoms with Crippen LogP contribution in [0.4, 0.5) is 11.5 Å². The quantitative estimate of drug-likeness (QED) is 0.532. The summed E-state index contributed by atoms with van der Waals surface area (Å²) in [5.41, 5.74) is 2.59. The summed E-state index contributed by atoms with van der Waals surface area (Å²) in [5, 5.41) is 16.3. The number of morpholine rings is 1. The number of benzene rings is 1. The summed E-state index contributed by atoms with van der Waals surface area (Å²) in [5.74, 6) is 1.06. The van der Waals surface area contributed by atoms with Crippen LogP contribution in [0.1, 0.15) is 24.2 Å². The van der Waals surface area contributed by atoms with Gasteiger partial charge in [0.2, 0.25) is 5.82 Å². The fraction of sp³-hybridized carbons (Fsp3) is 0.261. The molecule has 0 aliphatic carbocycles. The maximum atomic E-state index is 13.1. The van der Waals surface area contributed by atoms with Gasteiger partial charge in [-0.05, 0) is 50.2 Å². The molecule has 4 heterocycles. The number of hydrogen-bond donors (Lipinski definition) is 1. The third-order valence-corrected chi connectivity index (χ3v) is 5.25. The standard InChI is InChI=1S/C23H23N7O2/c1-15-13-29(14-16(2)32-15)23(31)17-10-11-24-19(12-17)22-27-26-21-9-8-20(28-30(21)22)25-18-6-4-3-5-7-18/h3-12,15-16H,13-14H2,1-2H3,(H,25,28)/t15-,16+. The van der Waals surface area contributed by atoms with E-state index < -0.39 is 0 Å². The van der Waals surface area contributed by atoms with Crippen LogP contribution in [-0.4, -0.2) is 60.9 Å². The Kier molecular flexibility index (Phi) is 5.24. The number of fused-ring (bicyclic) bond motifs is 1. The Balaban J connectivity index is 1.45. The molecule has 0 saturated carbocycles. The number of ether oxygens (including phenoxy) is 1. The van der Waals surface area contributed by atoms with Gasteiger partial charge >= 0.3 is 0 Å². The topological polar surface area (TPSA) is 97.5 Å². The third-order valence-electron chi connectivity index (χ3n) is 5.25. The minimum absolute atomic E-state index is 0.00387. The van der Waals surface area contributed by atoms with Gasteiger partial charge in [-0.2, -0.15) is 4.52 Å². The molecule has 0 radical (unpaired) electrons. The number of pyridine rings is 1. The van der Waals surface area contributed by atoms with E-state index in [1.165, 1.54) is 0 Å². The molecule has 32 heavy (non-hydrogen) atoms. The molecule has 1 aliphatic rings. The molecule has 3 aromatic heterocycles. The van der Waals surface area contributed by atoms with E-state index in [0.717, 1.165) is 5.69 Å². The van der Waals surface area contributed by atoms with Crippen molar-refractivity contribution in [2.24, 2.45) is 0 Å². The third kappa shape index (κ3) is 4.02. The van der Waals surface area contributed by atoms with Crippen LogP contribution in [0.25, 0.3) is 17.2 Å². The predicted octanol–water partition coefficient (Wildman–Crippen LogP) is 3.18. The van der Waals surface area contributed by atoms with Crippen molar-refractivity contribution in [1.29, 1.82) is 0 Å². The van der Waals surface area contributed by atoms with Gasteiger partial charge in [-0.25, -0.2) is 0 Å². The van der Waals surface area contributed by atoms with Gasteiger partial charge in [-0.1, -0.05) is 18.2 Å². The average molecular weight is 429 g/mol. The molecule has 1 fully saturated rings. The number of nitrogens with zero attached hydrogens (tertiary/aromatic N) is 6. The van der Waals surface area contributed by atoms with Gasteiger partial charge in [0, 0.05) is 30.5 Å². The highest BCUT2D eigenvalue weighted by atomic mass is 16.5. The molecular weight excluding hydrogens is 406 g/mol. The minimum atomic E-state index is -0.0520.